The van der Waals surface area contributed by atoms with Crippen molar-refractivity contribution in [1.82, 2.24) is 9.88 Å². The molecule has 27 heavy (non-hydrogen) atoms. The fourth-order valence-electron chi connectivity index (χ4n) is 3.17. The monoisotopic (exact) mass is 366 g/mol. The minimum Gasteiger partial charge on any atom is -0.508 e. The summed E-state index contributed by atoms with van der Waals surface area (Å²) in [6, 6.07) is 12.8. The molecule has 3 aromatic rings. The van der Waals surface area contributed by atoms with Crippen molar-refractivity contribution in [1.29, 1.82) is 0 Å². The number of aliphatic carboxylic acids is 1. The number of hydrogen-bond acceptors (Lipinski definition) is 3. The number of carboxylic acids is 1. The molecular weight excluding hydrogens is 344 g/mol. The molecule has 0 saturated heterocycles. The van der Waals surface area contributed by atoms with Gasteiger partial charge in [0.25, 0.3) is 5.91 Å². The Kier molecular flexibility index (Phi) is 5.16. The van der Waals surface area contributed by atoms with E-state index in [-0.39, 0.29) is 5.92 Å². The zero-order valence-electron chi connectivity index (χ0n) is 15.3. The third-order valence-corrected chi connectivity index (χ3v) is 4.53. The van der Waals surface area contributed by atoms with Crippen LogP contribution in [0.2, 0.25) is 0 Å². The Morgan fingerprint density at radius 3 is 2.63 bits per heavy atom. The Balaban J connectivity index is 1.91. The predicted molar refractivity (Wildman–Crippen MR) is 103 cm³/mol. The van der Waals surface area contributed by atoms with E-state index in [9.17, 15) is 14.7 Å². The summed E-state index contributed by atoms with van der Waals surface area (Å²) < 4.78 is 2.03. The standard InChI is InChI=1S/C21H22N2O4/c1-13(2)17-10-14(6-7-19(17)24)12-23-9-8-15-16(4-3-5-18(15)23)21(27)22-11-20(25)26/h3-10,13,24H,11-12H2,1-2H3,(H,22,27)(H,25,26). The molecule has 0 fully saturated rings. The van der Waals surface area contributed by atoms with Crippen LogP contribution in [0, 0.1) is 0 Å². The maximum absolute atomic E-state index is 12.3. The minimum absolute atomic E-state index is 0.218. The largest absolute Gasteiger partial charge is 0.508 e. The number of nitrogens with zero attached hydrogens (tertiary/aromatic N) is 1. The number of carbonyl (C=O) groups excluding carboxylic acids is 1. The Hall–Kier alpha value is -3.28. The lowest BCUT2D eigenvalue weighted by molar-refractivity contribution is -0.135. The maximum Gasteiger partial charge on any atom is 0.322 e. The molecule has 0 aliphatic rings. The van der Waals surface area contributed by atoms with Crippen molar-refractivity contribution in [2.45, 2.75) is 26.3 Å². The summed E-state index contributed by atoms with van der Waals surface area (Å²) in [5.74, 6) is -0.978. The molecule has 140 valence electrons. The van der Waals surface area contributed by atoms with E-state index < -0.39 is 18.4 Å². The highest BCUT2D eigenvalue weighted by Gasteiger charge is 2.14. The number of aromatic nitrogens is 1. The third-order valence-electron chi connectivity index (χ3n) is 4.53. The summed E-state index contributed by atoms with van der Waals surface area (Å²) in [7, 11) is 0. The molecule has 0 aliphatic heterocycles. The summed E-state index contributed by atoms with van der Waals surface area (Å²) in [5, 5.41) is 21.9. The smallest absolute Gasteiger partial charge is 0.322 e. The lowest BCUT2D eigenvalue weighted by atomic mass is 9.99. The van der Waals surface area contributed by atoms with Crippen LogP contribution in [-0.2, 0) is 11.3 Å². The van der Waals surface area contributed by atoms with Crippen LogP contribution in [0.5, 0.6) is 5.75 Å². The number of carboxylic acid groups (broad SMARTS) is 1. The zero-order chi connectivity index (χ0) is 19.6. The SMILES string of the molecule is CC(C)c1cc(Cn2ccc3c(C(=O)NCC(=O)O)cccc32)ccc1O. The molecule has 0 bridgehead atoms. The van der Waals surface area contributed by atoms with Gasteiger partial charge >= 0.3 is 5.97 Å². The van der Waals surface area contributed by atoms with Gasteiger partial charge < -0.3 is 20.1 Å². The number of fused-ring (bicyclic) bond motifs is 1. The van der Waals surface area contributed by atoms with Gasteiger partial charge in [-0.2, -0.15) is 0 Å². The van der Waals surface area contributed by atoms with Crippen LogP contribution in [0.15, 0.2) is 48.7 Å². The summed E-state index contributed by atoms with van der Waals surface area (Å²) >= 11 is 0. The van der Waals surface area contributed by atoms with Gasteiger partial charge in [-0.1, -0.05) is 32.0 Å². The van der Waals surface area contributed by atoms with E-state index in [0.717, 1.165) is 22.0 Å². The number of phenolic OH excluding ortho intramolecular Hbond substituents is 1. The van der Waals surface area contributed by atoms with E-state index in [1.54, 1.807) is 18.2 Å². The highest BCUT2D eigenvalue weighted by atomic mass is 16.4. The van der Waals surface area contributed by atoms with Gasteiger partial charge in [0.1, 0.15) is 12.3 Å². The first-order chi connectivity index (χ1) is 12.9. The van der Waals surface area contributed by atoms with Crippen LogP contribution < -0.4 is 5.32 Å². The van der Waals surface area contributed by atoms with Crippen molar-refractivity contribution in [3.8, 4) is 5.75 Å². The van der Waals surface area contributed by atoms with Gasteiger partial charge in [0.05, 0.1) is 0 Å². The fourth-order valence-corrected chi connectivity index (χ4v) is 3.17. The van der Waals surface area contributed by atoms with Crippen molar-refractivity contribution < 1.29 is 19.8 Å². The second-order valence-corrected chi connectivity index (χ2v) is 6.81. The van der Waals surface area contributed by atoms with Gasteiger partial charge in [0.2, 0.25) is 0 Å². The van der Waals surface area contributed by atoms with Gasteiger partial charge in [-0.15, -0.1) is 0 Å². The van der Waals surface area contributed by atoms with Gasteiger partial charge in [0.15, 0.2) is 0 Å². The molecular formula is C21H22N2O4. The number of carbonyl (C=O) groups is 2. The quantitative estimate of drug-likeness (QED) is 0.624. The molecule has 0 unspecified atom stereocenters. The Labute approximate surface area is 157 Å². The molecule has 0 spiro atoms. The van der Waals surface area contributed by atoms with Gasteiger partial charge in [-0.05, 0) is 41.3 Å². The third kappa shape index (κ3) is 3.95. The van der Waals surface area contributed by atoms with Gasteiger partial charge in [-0.3, -0.25) is 9.59 Å². The molecule has 1 aromatic heterocycles. The van der Waals surface area contributed by atoms with Gasteiger partial charge in [0, 0.05) is 29.2 Å². The second kappa shape index (κ2) is 7.53. The lowest BCUT2D eigenvalue weighted by Gasteiger charge is -2.12. The molecule has 0 aliphatic carbocycles. The first-order valence-electron chi connectivity index (χ1n) is 8.76. The molecule has 0 radical (unpaired) electrons. The van der Waals surface area contributed by atoms with Crippen molar-refractivity contribution in [2.75, 3.05) is 6.54 Å². The molecule has 0 atom stereocenters. The number of phenols is 1. The number of aromatic hydroxyl groups is 1. The molecule has 6 nitrogen and oxygen atoms in total. The van der Waals surface area contributed by atoms with Crippen LogP contribution in [-0.4, -0.2) is 33.2 Å². The predicted octanol–water partition coefficient (Wildman–Crippen LogP) is 3.33. The van der Waals surface area contributed by atoms with E-state index in [2.05, 4.69) is 5.32 Å². The van der Waals surface area contributed by atoms with Crippen LogP contribution >= 0.6 is 0 Å². The van der Waals surface area contributed by atoms with Crippen LogP contribution in [0.25, 0.3) is 10.9 Å². The van der Waals surface area contributed by atoms with E-state index >= 15 is 0 Å². The first-order valence-corrected chi connectivity index (χ1v) is 8.76. The van der Waals surface area contributed by atoms with Gasteiger partial charge in [-0.25, -0.2) is 0 Å². The summed E-state index contributed by atoms with van der Waals surface area (Å²) in [6.07, 6.45) is 1.90. The van der Waals surface area contributed by atoms with E-state index in [0.29, 0.717) is 17.9 Å². The van der Waals surface area contributed by atoms with Crippen molar-refractivity contribution in [2.24, 2.45) is 0 Å². The highest BCUT2D eigenvalue weighted by molar-refractivity contribution is 6.07. The molecule has 6 heteroatoms. The first kappa shape index (κ1) is 18.5. The molecule has 1 heterocycles. The number of amides is 1. The highest BCUT2D eigenvalue weighted by Crippen LogP contribution is 2.27. The average Bonchev–Trinajstić information content (AvgIpc) is 3.04. The molecule has 2 aromatic carbocycles. The normalized spacial score (nSPS) is 11.1. The molecule has 3 N–H and O–H groups in total. The van der Waals surface area contributed by atoms with Crippen LogP contribution in [0.4, 0.5) is 0 Å². The second-order valence-electron chi connectivity index (χ2n) is 6.81. The maximum atomic E-state index is 12.3. The molecule has 1 amide bonds. The topological polar surface area (TPSA) is 91.6 Å². The summed E-state index contributed by atoms with van der Waals surface area (Å²) in [5.41, 5.74) is 3.28. The number of benzene rings is 2. The van der Waals surface area contributed by atoms with E-state index in [1.807, 2.05) is 48.9 Å². The van der Waals surface area contributed by atoms with Crippen LogP contribution in [0.3, 0.4) is 0 Å². The van der Waals surface area contributed by atoms with Crippen molar-refractivity contribution >= 4 is 22.8 Å². The zero-order valence-corrected chi connectivity index (χ0v) is 15.3. The lowest BCUT2D eigenvalue weighted by Crippen LogP contribution is -2.29. The Bertz CT molecular complexity index is 1000. The molecule has 3 rings (SSSR count). The van der Waals surface area contributed by atoms with E-state index in [1.165, 1.54) is 0 Å². The Morgan fingerprint density at radius 2 is 1.93 bits per heavy atom. The van der Waals surface area contributed by atoms with E-state index in [4.69, 9.17) is 5.11 Å². The minimum atomic E-state index is -1.08. The van der Waals surface area contributed by atoms with Crippen molar-refractivity contribution in [3.63, 3.8) is 0 Å². The summed E-state index contributed by atoms with van der Waals surface area (Å²) in [4.78, 5) is 22.9. The number of hydrogen-bond donors (Lipinski definition) is 3. The van der Waals surface area contributed by atoms with Crippen molar-refractivity contribution in [3.05, 3.63) is 65.4 Å². The summed E-state index contributed by atoms with van der Waals surface area (Å²) in [6.45, 7) is 4.25. The number of rotatable bonds is 6. The Morgan fingerprint density at radius 1 is 1.15 bits per heavy atom. The number of nitrogens with one attached hydrogen (secondary N) is 1. The van der Waals surface area contributed by atoms with Crippen LogP contribution in [0.1, 0.15) is 41.3 Å². The fraction of sp³-hybridized carbons (Fsp3) is 0.238. The molecule has 0 saturated carbocycles. The average molecular weight is 366 g/mol.